The van der Waals surface area contributed by atoms with E-state index in [4.69, 9.17) is 140 Å². The molecule has 0 radical (unpaired) electrons. The number of ether oxygens (including phenoxy) is 20. The number of carbonyl (C=O) groups is 8. The molecule has 8 aliphatic heterocycles. The van der Waals surface area contributed by atoms with E-state index in [1.165, 1.54) is 42.3 Å². The molecule has 26 unspecified atom stereocenters. The lowest BCUT2D eigenvalue weighted by molar-refractivity contribution is -0.308. The molecule has 42 atom stereocenters. The quantitative estimate of drug-likeness (QED) is 0.0220. The predicted octanol–water partition coefficient (Wildman–Crippen LogP) is -26.2. The van der Waals surface area contributed by atoms with Gasteiger partial charge in [-0.05, 0) is 13.8 Å². The molecule has 0 aromatic carbocycles. The van der Waals surface area contributed by atoms with E-state index in [-0.39, 0.29) is 0 Å². The molecule has 8 aliphatic rings. The molecule has 64 heteroatoms. The molecular formula is C70H128N4O60. The maximum Gasteiger partial charge on any atom is 0.334 e. The number of amides is 4. The van der Waals surface area contributed by atoms with Crippen molar-refractivity contribution in [2.75, 3.05) is 121 Å². The third kappa shape index (κ3) is 39.1. The van der Waals surface area contributed by atoms with Gasteiger partial charge in [0.15, 0.2) is 56.4 Å². The first-order chi connectivity index (χ1) is 62.7. The van der Waals surface area contributed by atoms with Gasteiger partial charge in [-0.1, -0.05) is 0 Å². The molecule has 0 saturated carbocycles. The van der Waals surface area contributed by atoms with Crippen LogP contribution in [0.25, 0.3) is 0 Å². The van der Waals surface area contributed by atoms with Crippen molar-refractivity contribution in [3.8, 4) is 0 Å². The van der Waals surface area contributed by atoms with Crippen LogP contribution in [0.4, 0.5) is 0 Å². The van der Waals surface area contributed by atoms with Gasteiger partial charge in [0, 0.05) is 0 Å². The summed E-state index contributed by atoms with van der Waals surface area (Å²) in [7, 11) is 4.67. The number of nitrogens with two attached hydrogens (primary N) is 4. The van der Waals surface area contributed by atoms with Gasteiger partial charge in [0.2, 0.25) is 23.6 Å². The topological polar surface area (TPSA) is 1070 Å². The van der Waals surface area contributed by atoms with Gasteiger partial charge in [-0.25, -0.2) is 19.2 Å². The molecular weight excluding hydrogens is 1860 g/mol. The molecule has 8 heterocycles. The van der Waals surface area contributed by atoms with Crippen LogP contribution in [0.15, 0.2) is 0 Å². The molecule has 40 N–H and O–H groups in total. The second-order valence-corrected chi connectivity index (χ2v) is 29.1. The number of aliphatic hydroxyl groups excluding tert-OH is 32. The van der Waals surface area contributed by atoms with Crippen molar-refractivity contribution in [3.63, 3.8) is 0 Å². The van der Waals surface area contributed by atoms with E-state index in [2.05, 4.69) is 18.9 Å². The van der Waals surface area contributed by atoms with E-state index in [0.717, 1.165) is 0 Å². The van der Waals surface area contributed by atoms with Crippen molar-refractivity contribution in [1.29, 1.82) is 0 Å². The average Bonchev–Trinajstić information content (AvgIpc) is 0.857. The summed E-state index contributed by atoms with van der Waals surface area (Å²) >= 11 is 0. The third-order valence-electron chi connectivity index (χ3n) is 19.3. The van der Waals surface area contributed by atoms with Gasteiger partial charge in [-0.2, -0.15) is 0 Å². The van der Waals surface area contributed by atoms with Crippen LogP contribution < -0.4 is 22.9 Å². The molecule has 8 fully saturated rings. The van der Waals surface area contributed by atoms with E-state index < -0.39 is 398 Å². The van der Waals surface area contributed by atoms with E-state index >= 15 is 0 Å². The zero-order valence-electron chi connectivity index (χ0n) is 72.2. The van der Waals surface area contributed by atoms with Crippen LogP contribution in [0.5, 0.6) is 0 Å². The van der Waals surface area contributed by atoms with Crippen LogP contribution in [0.3, 0.4) is 0 Å². The monoisotopic (exact) mass is 1980 g/mol. The zero-order valence-corrected chi connectivity index (χ0v) is 72.2. The number of primary amides is 4. The standard InChI is InChI=1S/C10H18O8.C9H17NO7.3C9H16O8.3C8H15NO7/c1-4(9(15)16-2)17-10-8(14)7(13)6(12)5(3-11)18-10;1-3(8(10)15)16-9-7(14)6(13)5(12)4(2-11)17-9;3*1-15-5(11)3-16-9-8(14)7(13)6(12)4(2-10)17-9;3*9-4(11)2-15-8-7(14)6(13)5(12)3(1-10)16-8/h4-8,10-14H,3H2,1-2H3;3-7,9,11-14H,2H2,1H3,(H2,10,15);3*4,6-10,12-14H,2-3H2,1H3;3*3,5-8,10,12-14H,1-2H2,(H2,9,11)/t4?,5?,6-,7+,8?,10?;3?,4?,5-,6+,7?,9?;2*4?,6-,7+,8?,9?;4?,6-,7-,8?,9?;2*3?,5-,6+,7?,8?;3?,5-,6-,7?,8?/m11110110/s1. The van der Waals surface area contributed by atoms with Gasteiger partial charge >= 0.3 is 23.9 Å². The summed E-state index contributed by atoms with van der Waals surface area (Å²) in [6.45, 7) is -4.62. The first-order valence-electron chi connectivity index (χ1n) is 39.6. The summed E-state index contributed by atoms with van der Waals surface area (Å²) in [5, 5.41) is 298. The Morgan fingerprint density at radius 2 is 0.373 bits per heavy atom. The van der Waals surface area contributed by atoms with Crippen LogP contribution in [0, 0.1) is 0 Å². The third-order valence-corrected chi connectivity index (χ3v) is 19.3. The lowest BCUT2D eigenvalue weighted by Crippen LogP contribution is -2.60. The Balaban J connectivity index is 0.000000766. The van der Waals surface area contributed by atoms with Crippen molar-refractivity contribution in [1.82, 2.24) is 0 Å². The maximum atomic E-state index is 11.1. The van der Waals surface area contributed by atoms with E-state index in [1.807, 2.05) is 0 Å². The fraction of sp³-hybridized carbons (Fsp3) is 0.886. The number of hydrogen-bond donors (Lipinski definition) is 36. The fourth-order valence-electron chi connectivity index (χ4n) is 11.4. The number of methoxy groups -OCH3 is 4. The smallest absolute Gasteiger partial charge is 0.334 e. The van der Waals surface area contributed by atoms with Crippen molar-refractivity contribution in [3.05, 3.63) is 0 Å². The minimum Gasteiger partial charge on any atom is -0.467 e. The molecule has 4 amide bonds. The van der Waals surface area contributed by atoms with Crippen molar-refractivity contribution >= 4 is 47.5 Å². The number of hydrogen-bond acceptors (Lipinski definition) is 60. The van der Waals surface area contributed by atoms with Gasteiger partial charge in [-0.3, -0.25) is 19.2 Å². The molecule has 0 aromatic heterocycles. The number of rotatable bonds is 32. The van der Waals surface area contributed by atoms with E-state index in [1.54, 1.807) is 0 Å². The Kier molecular flexibility index (Phi) is 59.6. The highest BCUT2D eigenvalue weighted by atomic mass is 16.8. The van der Waals surface area contributed by atoms with Gasteiger partial charge < -0.3 is 281 Å². The zero-order chi connectivity index (χ0) is 103. The Morgan fingerprint density at radius 3 is 0.515 bits per heavy atom. The van der Waals surface area contributed by atoms with E-state index in [9.17, 15) is 161 Å². The van der Waals surface area contributed by atoms with Gasteiger partial charge in [0.05, 0.1) is 81.3 Å². The highest BCUT2D eigenvalue weighted by Crippen LogP contribution is 2.30. The van der Waals surface area contributed by atoms with Crippen molar-refractivity contribution < 1.29 is 297 Å². The Bertz CT molecular complexity index is 3070. The summed E-state index contributed by atoms with van der Waals surface area (Å²) in [6, 6.07) is 0. The van der Waals surface area contributed by atoms with Crippen LogP contribution in [0.2, 0.25) is 0 Å². The number of aliphatic hydroxyl groups is 32. The SMILES string of the molecule is CC(OC1OC(CO)[C@@H](O)[C@H](O)C1O)C(N)=O.COC(=O)C(C)OC1OC(CO)[C@@H](O)[C@H](O)C1O.COC(=O)COC1OC(CO)[C@@H](O)[C@H](O)C1O.COC(=O)COC1OC(CO)[C@@H](O)[C@H](O)C1O.COC(=O)COC1OC(CO)[C@H](O)[C@H](O)C1O.NC(=O)COC1OC(CO)[C@@H](O)[C@H](O)C1O.NC(=O)COC1OC(CO)[C@@H](O)[C@H](O)C1O.NC(=O)COC1OC(CO)[C@H](O)[C@H](O)C1O. The first kappa shape index (κ1) is 126. The Morgan fingerprint density at radius 1 is 0.224 bits per heavy atom. The summed E-state index contributed by atoms with van der Waals surface area (Å²) < 4.78 is 96.2. The molecule has 134 heavy (non-hydrogen) atoms. The minimum atomic E-state index is -1.54. The lowest BCUT2D eigenvalue weighted by atomic mass is 9.99. The molecule has 0 spiro atoms. The van der Waals surface area contributed by atoms with Crippen molar-refractivity contribution in [2.24, 2.45) is 22.9 Å². The van der Waals surface area contributed by atoms with Gasteiger partial charge in [-0.15, -0.1) is 0 Å². The average molecular weight is 1990 g/mol. The number of carbonyl (C=O) groups excluding carboxylic acids is 8. The molecule has 64 nitrogen and oxygen atoms in total. The normalized spacial score (nSPS) is 38.8. The molecule has 0 aromatic rings. The minimum absolute atomic E-state index is 0.473. The Hall–Kier alpha value is -6.16. The second kappa shape index (κ2) is 63.5. The highest BCUT2D eigenvalue weighted by molar-refractivity contribution is 5.78. The van der Waals surface area contributed by atoms with E-state index in [0.29, 0.717) is 0 Å². The molecule has 8 rings (SSSR count). The molecule has 0 bridgehead atoms. The predicted molar refractivity (Wildman–Crippen MR) is 412 cm³/mol. The fourth-order valence-corrected chi connectivity index (χ4v) is 11.4. The van der Waals surface area contributed by atoms with Gasteiger partial charge in [0.1, 0.15) is 241 Å². The Labute approximate surface area is 757 Å². The van der Waals surface area contributed by atoms with Gasteiger partial charge in [0.25, 0.3) is 0 Å². The maximum absolute atomic E-state index is 11.1. The molecule has 8 saturated heterocycles. The first-order valence-corrected chi connectivity index (χ1v) is 39.6. The highest BCUT2D eigenvalue weighted by Gasteiger charge is 2.52. The van der Waals surface area contributed by atoms with Crippen LogP contribution in [-0.2, 0) is 133 Å². The molecule has 0 aliphatic carbocycles. The summed E-state index contributed by atoms with van der Waals surface area (Å²) in [6.07, 6.45) is -57.1. The second-order valence-electron chi connectivity index (χ2n) is 29.1. The van der Waals surface area contributed by atoms with Crippen LogP contribution in [0.1, 0.15) is 13.8 Å². The summed E-state index contributed by atoms with van der Waals surface area (Å²) in [5.74, 6) is -5.77. The number of esters is 4. The summed E-state index contributed by atoms with van der Waals surface area (Å²) in [4.78, 5) is 85.7. The summed E-state index contributed by atoms with van der Waals surface area (Å²) in [5.41, 5.74) is 19.4. The lowest BCUT2D eigenvalue weighted by Gasteiger charge is -2.40. The van der Waals surface area contributed by atoms with Crippen molar-refractivity contribution in [2.45, 2.75) is 272 Å². The largest absolute Gasteiger partial charge is 0.467 e. The van der Waals surface area contributed by atoms with Crippen LogP contribution >= 0.6 is 0 Å². The molecule has 788 valence electrons. The van der Waals surface area contributed by atoms with Crippen LogP contribution in [-0.4, -0.2) is 590 Å².